The van der Waals surface area contributed by atoms with Crippen molar-refractivity contribution < 1.29 is 4.21 Å². The summed E-state index contributed by atoms with van der Waals surface area (Å²) in [6.07, 6.45) is 1.71. The molecule has 4 rings (SSSR count). The van der Waals surface area contributed by atoms with Crippen molar-refractivity contribution >= 4 is 55.5 Å². The number of fused-ring (bicyclic) bond motifs is 2. The van der Waals surface area contributed by atoms with Gasteiger partial charge in [-0.1, -0.05) is 23.4 Å². The van der Waals surface area contributed by atoms with Crippen LogP contribution in [0.1, 0.15) is 0 Å². The summed E-state index contributed by atoms with van der Waals surface area (Å²) < 4.78 is 17.9. The number of anilines is 1. The minimum absolute atomic E-state index is 0.249. The van der Waals surface area contributed by atoms with Crippen LogP contribution in [0.2, 0.25) is 5.15 Å². The Balaban J connectivity index is 1.75. The molecule has 22 heavy (non-hydrogen) atoms. The third-order valence-corrected chi connectivity index (χ3v) is 6.36. The fourth-order valence-corrected chi connectivity index (χ4v) is 5.56. The first kappa shape index (κ1) is 14.0. The molecule has 0 saturated carbocycles. The summed E-state index contributed by atoms with van der Waals surface area (Å²) in [5, 5.41) is 9.28. The summed E-state index contributed by atoms with van der Waals surface area (Å²) in [4.78, 5) is 4.26. The quantitative estimate of drug-likeness (QED) is 0.710. The molecule has 114 valence electrons. The molecule has 3 heterocycles. The minimum atomic E-state index is -2.80. The predicted molar refractivity (Wildman–Crippen MR) is 91.2 cm³/mol. The van der Waals surface area contributed by atoms with E-state index in [1.807, 2.05) is 22.8 Å². The van der Waals surface area contributed by atoms with Crippen LogP contribution in [0.3, 0.4) is 0 Å². The molecule has 0 spiro atoms. The van der Waals surface area contributed by atoms with E-state index in [1.165, 1.54) is 0 Å². The molecule has 0 amide bonds. The summed E-state index contributed by atoms with van der Waals surface area (Å²) in [7, 11) is -2.80. The van der Waals surface area contributed by atoms with Crippen LogP contribution in [-0.2, 0) is 16.3 Å². The molecule has 0 radical (unpaired) electrons. The van der Waals surface area contributed by atoms with Crippen molar-refractivity contribution in [2.75, 3.05) is 10.5 Å². The van der Waals surface area contributed by atoms with Crippen LogP contribution >= 0.6 is 23.4 Å². The molecule has 1 aliphatic rings. The number of hydrogen-bond donors (Lipinski definition) is 2. The van der Waals surface area contributed by atoms with Gasteiger partial charge in [-0.05, 0) is 24.1 Å². The van der Waals surface area contributed by atoms with Crippen molar-refractivity contribution in [2.45, 2.75) is 16.7 Å². The van der Waals surface area contributed by atoms with Crippen LogP contribution in [0.4, 0.5) is 5.69 Å². The second-order valence-electron chi connectivity index (χ2n) is 4.94. The van der Waals surface area contributed by atoms with E-state index in [0.29, 0.717) is 10.7 Å². The largest absolute Gasteiger partial charge is 0.309 e. The van der Waals surface area contributed by atoms with Gasteiger partial charge in [0.1, 0.15) is 0 Å². The van der Waals surface area contributed by atoms with Gasteiger partial charge in [0, 0.05) is 23.4 Å². The summed E-state index contributed by atoms with van der Waals surface area (Å²) >= 11 is 7.77. The third-order valence-electron chi connectivity index (χ3n) is 3.43. The van der Waals surface area contributed by atoms with Crippen molar-refractivity contribution in [1.29, 1.82) is 0 Å². The van der Waals surface area contributed by atoms with Gasteiger partial charge in [-0.25, -0.2) is 9.19 Å². The second-order valence-corrected chi connectivity index (χ2v) is 8.30. The summed E-state index contributed by atoms with van der Waals surface area (Å²) in [5.41, 5.74) is 1.62. The highest BCUT2D eigenvalue weighted by molar-refractivity contribution is 8.01. The monoisotopic (exact) mass is 353 g/mol. The molecule has 0 aliphatic carbocycles. The molecule has 3 aromatic rings. The van der Waals surface area contributed by atoms with Gasteiger partial charge in [-0.2, -0.15) is 5.10 Å². The van der Waals surface area contributed by atoms with E-state index in [9.17, 15) is 4.21 Å². The molecule has 2 N–H and O–H groups in total. The van der Waals surface area contributed by atoms with E-state index in [-0.39, 0.29) is 5.15 Å². The standard InChI is InChI=1S/C13H12ClN5OS2/c1-22(20,12-11(14)16-13-19(12)4-5-21-13)18-9-2-3-10-8(6-9)7-15-17-10/h2-3,6-7H,1,4-5H2,(H,15,17)(H,18,20). The lowest BCUT2D eigenvalue weighted by atomic mass is 10.2. The number of rotatable bonds is 3. The Morgan fingerprint density at radius 1 is 1.50 bits per heavy atom. The Hall–Kier alpha value is -1.64. The number of aromatic nitrogens is 4. The molecule has 9 heteroatoms. The van der Waals surface area contributed by atoms with Gasteiger partial charge in [0.05, 0.1) is 21.4 Å². The average Bonchev–Trinajstić information content (AvgIpc) is 3.11. The lowest BCUT2D eigenvalue weighted by Gasteiger charge is -2.14. The van der Waals surface area contributed by atoms with Gasteiger partial charge in [0.25, 0.3) is 0 Å². The van der Waals surface area contributed by atoms with Crippen molar-refractivity contribution in [2.24, 2.45) is 0 Å². The Bertz CT molecular complexity index is 976. The molecule has 1 unspecified atom stereocenters. The first-order chi connectivity index (χ1) is 10.5. The second kappa shape index (κ2) is 4.94. The number of H-pyrrole nitrogens is 1. The zero-order valence-corrected chi connectivity index (χ0v) is 13.8. The van der Waals surface area contributed by atoms with Gasteiger partial charge in [-0.3, -0.25) is 5.10 Å². The number of aromatic amines is 1. The Morgan fingerprint density at radius 3 is 3.23 bits per heavy atom. The Kier molecular flexibility index (Phi) is 3.14. The van der Waals surface area contributed by atoms with E-state index in [0.717, 1.165) is 28.4 Å². The lowest BCUT2D eigenvalue weighted by molar-refractivity contribution is 0.637. The topological polar surface area (TPSA) is 75.6 Å². The first-order valence-electron chi connectivity index (χ1n) is 6.51. The van der Waals surface area contributed by atoms with Crippen molar-refractivity contribution in [3.05, 3.63) is 29.5 Å². The van der Waals surface area contributed by atoms with Crippen LogP contribution < -0.4 is 4.72 Å². The summed E-state index contributed by atoms with van der Waals surface area (Å²) in [6, 6.07) is 5.57. The number of thioether (sulfide) groups is 1. The normalized spacial score (nSPS) is 16.6. The van der Waals surface area contributed by atoms with Crippen molar-refractivity contribution in [3.8, 4) is 0 Å². The van der Waals surface area contributed by atoms with E-state index in [2.05, 4.69) is 25.8 Å². The van der Waals surface area contributed by atoms with Gasteiger partial charge in [-0.15, -0.1) is 0 Å². The minimum Gasteiger partial charge on any atom is -0.309 e. The predicted octanol–water partition coefficient (Wildman–Crippen LogP) is 2.62. The van der Waals surface area contributed by atoms with Crippen LogP contribution in [0, 0.1) is 0 Å². The van der Waals surface area contributed by atoms with Gasteiger partial charge in [0.15, 0.2) is 15.3 Å². The smallest absolute Gasteiger partial charge is 0.170 e. The molecule has 6 nitrogen and oxygen atoms in total. The third kappa shape index (κ3) is 2.18. The number of hydrogen-bond acceptors (Lipinski definition) is 4. The Labute approximate surface area is 136 Å². The lowest BCUT2D eigenvalue weighted by Crippen LogP contribution is -2.17. The van der Waals surface area contributed by atoms with E-state index in [1.54, 1.807) is 18.0 Å². The highest BCUT2D eigenvalue weighted by atomic mass is 35.5. The summed E-state index contributed by atoms with van der Waals surface area (Å²) in [5.74, 6) is 4.76. The van der Waals surface area contributed by atoms with E-state index in [4.69, 9.17) is 11.6 Å². The van der Waals surface area contributed by atoms with E-state index >= 15 is 0 Å². The van der Waals surface area contributed by atoms with Crippen LogP contribution in [-0.4, -0.2) is 35.6 Å². The fourth-order valence-electron chi connectivity index (χ4n) is 2.48. The summed E-state index contributed by atoms with van der Waals surface area (Å²) in [6.45, 7) is 0.740. The highest BCUT2D eigenvalue weighted by Gasteiger charge is 2.26. The van der Waals surface area contributed by atoms with Gasteiger partial charge < -0.3 is 9.29 Å². The molecule has 0 bridgehead atoms. The molecule has 1 aromatic carbocycles. The maximum absolute atomic E-state index is 13.1. The SMILES string of the molecule is C=S(=O)(Nc1ccc2[nH]ncc2c1)c1c(Cl)nc2n1CCS2. The Morgan fingerprint density at radius 2 is 2.36 bits per heavy atom. The number of imidazole rings is 1. The molecule has 1 atom stereocenters. The molecule has 0 saturated heterocycles. The van der Waals surface area contributed by atoms with Crippen LogP contribution in [0.25, 0.3) is 10.9 Å². The number of halogens is 1. The fraction of sp³-hybridized carbons (Fsp3) is 0.154. The molecule has 0 fully saturated rings. The molecular formula is C13H12ClN5OS2. The molecule has 1 aliphatic heterocycles. The van der Waals surface area contributed by atoms with Crippen molar-refractivity contribution in [3.63, 3.8) is 0 Å². The maximum Gasteiger partial charge on any atom is 0.170 e. The van der Waals surface area contributed by atoms with Gasteiger partial charge >= 0.3 is 0 Å². The van der Waals surface area contributed by atoms with Gasteiger partial charge in [0.2, 0.25) is 0 Å². The first-order valence-corrected chi connectivity index (χ1v) is 9.61. The highest BCUT2D eigenvalue weighted by Crippen LogP contribution is 2.34. The van der Waals surface area contributed by atoms with Crippen molar-refractivity contribution in [1.82, 2.24) is 19.7 Å². The van der Waals surface area contributed by atoms with Crippen LogP contribution in [0.5, 0.6) is 0 Å². The van der Waals surface area contributed by atoms with E-state index < -0.39 is 9.71 Å². The number of nitrogens with zero attached hydrogens (tertiary/aromatic N) is 3. The molecular weight excluding hydrogens is 342 g/mol. The maximum atomic E-state index is 13.1. The zero-order valence-electron chi connectivity index (χ0n) is 11.4. The average molecular weight is 354 g/mol. The zero-order chi connectivity index (χ0) is 15.3. The number of nitrogens with one attached hydrogen (secondary N) is 2. The van der Waals surface area contributed by atoms with Crippen LogP contribution in [0.15, 0.2) is 34.6 Å². The molecule has 2 aromatic heterocycles. The number of benzene rings is 1.